The van der Waals surface area contributed by atoms with Gasteiger partial charge in [-0.3, -0.25) is 9.20 Å². The molecule has 0 aliphatic heterocycles. The number of imidazole rings is 1. The van der Waals surface area contributed by atoms with Gasteiger partial charge in [0.1, 0.15) is 17.2 Å². The Labute approximate surface area is 136 Å². The lowest BCUT2D eigenvalue weighted by atomic mass is 10.1. The molecular weight excluding hydrogens is 321 g/mol. The Balaban J connectivity index is 1.70. The highest BCUT2D eigenvalue weighted by atomic mass is 35.5. The van der Waals surface area contributed by atoms with E-state index in [4.69, 9.17) is 11.6 Å². The van der Waals surface area contributed by atoms with Gasteiger partial charge in [0.2, 0.25) is 0 Å². The molecule has 1 aromatic carbocycles. The van der Waals surface area contributed by atoms with Gasteiger partial charge in [-0.05, 0) is 29.8 Å². The van der Waals surface area contributed by atoms with Crippen molar-refractivity contribution in [3.8, 4) is 0 Å². The molecule has 0 aliphatic carbocycles. The van der Waals surface area contributed by atoms with Crippen molar-refractivity contribution in [2.45, 2.75) is 6.10 Å². The third-order valence-electron chi connectivity index (χ3n) is 3.43. The second kappa shape index (κ2) is 6.36. The average molecular weight is 334 g/mol. The molecule has 1 atom stereocenters. The third-order valence-corrected chi connectivity index (χ3v) is 3.74. The summed E-state index contributed by atoms with van der Waals surface area (Å²) in [6, 6.07) is 9.41. The van der Waals surface area contributed by atoms with Crippen LogP contribution < -0.4 is 5.32 Å². The van der Waals surface area contributed by atoms with E-state index >= 15 is 0 Å². The van der Waals surface area contributed by atoms with Crippen LogP contribution in [0.25, 0.3) is 5.65 Å². The number of rotatable bonds is 4. The summed E-state index contributed by atoms with van der Waals surface area (Å²) in [6.45, 7) is -0.0556. The van der Waals surface area contributed by atoms with E-state index in [1.54, 1.807) is 22.7 Å². The summed E-state index contributed by atoms with van der Waals surface area (Å²) in [6.07, 6.45) is 2.14. The monoisotopic (exact) mass is 333 g/mol. The predicted octanol–water partition coefficient (Wildman–Crippen LogP) is 2.59. The minimum Gasteiger partial charge on any atom is -0.387 e. The number of halogens is 2. The number of hydrogen-bond acceptors (Lipinski definition) is 3. The van der Waals surface area contributed by atoms with E-state index in [-0.39, 0.29) is 17.5 Å². The number of carbonyl (C=O) groups is 1. The summed E-state index contributed by atoms with van der Waals surface area (Å²) >= 11 is 5.60. The minimum atomic E-state index is -1.04. The molecule has 3 aromatic rings. The Bertz CT molecular complexity index is 865. The predicted molar refractivity (Wildman–Crippen MR) is 83.9 cm³/mol. The molecule has 118 valence electrons. The number of nitrogens with one attached hydrogen (secondary N) is 1. The zero-order valence-corrected chi connectivity index (χ0v) is 12.7. The molecule has 0 bridgehead atoms. The maximum atomic E-state index is 13.4. The third kappa shape index (κ3) is 3.18. The number of fused-ring (bicyclic) bond motifs is 1. The molecule has 0 aliphatic rings. The van der Waals surface area contributed by atoms with Gasteiger partial charge in [0.15, 0.2) is 0 Å². The number of nitrogens with zero attached hydrogens (tertiary/aromatic N) is 2. The Hall–Kier alpha value is -2.44. The van der Waals surface area contributed by atoms with Crippen LogP contribution in [-0.2, 0) is 0 Å². The van der Waals surface area contributed by atoms with E-state index < -0.39 is 11.9 Å². The Morgan fingerprint density at radius 2 is 2.22 bits per heavy atom. The highest BCUT2D eigenvalue weighted by Crippen LogP contribution is 2.20. The van der Waals surface area contributed by atoms with E-state index in [1.165, 1.54) is 18.3 Å². The summed E-state index contributed by atoms with van der Waals surface area (Å²) < 4.78 is 15.0. The topological polar surface area (TPSA) is 66.6 Å². The number of benzene rings is 1. The number of aromatic nitrogens is 2. The first-order chi connectivity index (χ1) is 11.1. The zero-order chi connectivity index (χ0) is 16.4. The quantitative estimate of drug-likeness (QED) is 0.771. The summed E-state index contributed by atoms with van der Waals surface area (Å²) in [7, 11) is 0. The molecule has 0 radical (unpaired) electrons. The van der Waals surface area contributed by atoms with E-state index in [9.17, 15) is 14.3 Å². The number of pyridine rings is 1. The summed E-state index contributed by atoms with van der Waals surface area (Å²) in [5.74, 6) is -0.992. The Morgan fingerprint density at radius 1 is 1.39 bits per heavy atom. The molecule has 23 heavy (non-hydrogen) atoms. The van der Waals surface area contributed by atoms with Crippen molar-refractivity contribution in [3.05, 3.63) is 70.9 Å². The van der Waals surface area contributed by atoms with Gasteiger partial charge in [0.05, 0.1) is 17.3 Å². The molecule has 2 aromatic heterocycles. The van der Waals surface area contributed by atoms with Crippen LogP contribution in [0.15, 0.2) is 48.8 Å². The van der Waals surface area contributed by atoms with Crippen molar-refractivity contribution in [2.75, 3.05) is 6.54 Å². The first-order valence-electron chi connectivity index (χ1n) is 6.89. The van der Waals surface area contributed by atoms with Crippen LogP contribution in [-0.4, -0.2) is 26.9 Å². The fourth-order valence-corrected chi connectivity index (χ4v) is 2.34. The maximum absolute atomic E-state index is 13.4. The first-order valence-corrected chi connectivity index (χ1v) is 7.27. The van der Waals surface area contributed by atoms with Gasteiger partial charge in [-0.25, -0.2) is 9.37 Å². The number of aliphatic hydroxyl groups excluding tert-OH is 1. The van der Waals surface area contributed by atoms with Gasteiger partial charge in [-0.1, -0.05) is 23.7 Å². The second-order valence-corrected chi connectivity index (χ2v) is 5.38. The van der Waals surface area contributed by atoms with Crippen molar-refractivity contribution in [1.82, 2.24) is 14.7 Å². The van der Waals surface area contributed by atoms with E-state index in [2.05, 4.69) is 10.3 Å². The molecule has 1 amide bonds. The van der Waals surface area contributed by atoms with Crippen LogP contribution in [0.1, 0.15) is 22.2 Å². The highest BCUT2D eigenvalue weighted by molar-refractivity contribution is 6.30. The van der Waals surface area contributed by atoms with E-state index in [0.717, 1.165) is 6.07 Å². The van der Waals surface area contributed by atoms with Crippen molar-refractivity contribution in [1.29, 1.82) is 0 Å². The van der Waals surface area contributed by atoms with Crippen LogP contribution in [0, 0.1) is 5.82 Å². The molecular formula is C16H13ClFN3O2. The van der Waals surface area contributed by atoms with Crippen LogP contribution in [0.3, 0.4) is 0 Å². The summed E-state index contributed by atoms with van der Waals surface area (Å²) in [5.41, 5.74) is 1.35. The Morgan fingerprint density at radius 3 is 3.00 bits per heavy atom. The zero-order valence-electron chi connectivity index (χ0n) is 11.9. The van der Waals surface area contributed by atoms with E-state index in [0.29, 0.717) is 16.9 Å². The van der Waals surface area contributed by atoms with Gasteiger partial charge in [0, 0.05) is 12.7 Å². The Kier molecular flexibility index (Phi) is 4.27. The highest BCUT2D eigenvalue weighted by Gasteiger charge is 2.15. The molecule has 5 nitrogen and oxygen atoms in total. The van der Waals surface area contributed by atoms with Crippen molar-refractivity contribution in [3.63, 3.8) is 0 Å². The molecule has 1 unspecified atom stereocenters. The van der Waals surface area contributed by atoms with Crippen LogP contribution >= 0.6 is 11.6 Å². The molecule has 7 heteroatoms. The molecule has 0 saturated carbocycles. The van der Waals surface area contributed by atoms with Crippen molar-refractivity contribution < 1.29 is 14.3 Å². The standard InChI is InChI=1S/C16H13ClFN3O2/c17-11-5-4-10(7-12(11)18)14(22)9-20-16(23)13-8-19-15-3-1-2-6-21(13)15/h1-8,14,22H,9H2,(H,20,23). The number of hydrogen-bond donors (Lipinski definition) is 2. The van der Waals surface area contributed by atoms with Gasteiger partial charge >= 0.3 is 0 Å². The smallest absolute Gasteiger partial charge is 0.270 e. The largest absolute Gasteiger partial charge is 0.387 e. The van der Waals surface area contributed by atoms with Crippen molar-refractivity contribution in [2.24, 2.45) is 0 Å². The van der Waals surface area contributed by atoms with Gasteiger partial charge in [-0.2, -0.15) is 0 Å². The molecule has 2 heterocycles. The SMILES string of the molecule is O=C(NCC(O)c1ccc(Cl)c(F)c1)c1cnc2ccccn12. The lowest BCUT2D eigenvalue weighted by molar-refractivity contribution is 0.0910. The summed E-state index contributed by atoms with van der Waals surface area (Å²) in [5, 5.41) is 12.6. The van der Waals surface area contributed by atoms with E-state index in [1.807, 2.05) is 6.07 Å². The number of aliphatic hydroxyl groups is 1. The van der Waals surface area contributed by atoms with Gasteiger partial charge < -0.3 is 10.4 Å². The molecule has 2 N–H and O–H groups in total. The lowest BCUT2D eigenvalue weighted by Crippen LogP contribution is -2.29. The minimum absolute atomic E-state index is 0.0179. The number of carbonyl (C=O) groups excluding carboxylic acids is 1. The molecule has 0 saturated heterocycles. The van der Waals surface area contributed by atoms with Gasteiger partial charge in [0.25, 0.3) is 5.91 Å². The van der Waals surface area contributed by atoms with Crippen molar-refractivity contribution >= 4 is 23.2 Å². The fourth-order valence-electron chi connectivity index (χ4n) is 2.22. The molecule has 3 rings (SSSR count). The summed E-state index contributed by atoms with van der Waals surface area (Å²) in [4.78, 5) is 16.3. The average Bonchev–Trinajstić information content (AvgIpc) is 2.99. The number of amides is 1. The molecule has 0 spiro atoms. The van der Waals surface area contributed by atoms with Crippen LogP contribution in [0.5, 0.6) is 0 Å². The first kappa shape index (κ1) is 15.5. The fraction of sp³-hybridized carbons (Fsp3) is 0.125. The maximum Gasteiger partial charge on any atom is 0.270 e. The molecule has 0 fully saturated rings. The normalized spacial score (nSPS) is 12.3. The van der Waals surface area contributed by atoms with Gasteiger partial charge in [-0.15, -0.1) is 0 Å². The lowest BCUT2D eigenvalue weighted by Gasteiger charge is -2.12. The van der Waals surface area contributed by atoms with Crippen LogP contribution in [0.4, 0.5) is 4.39 Å². The second-order valence-electron chi connectivity index (χ2n) is 4.97. The van der Waals surface area contributed by atoms with Crippen LogP contribution in [0.2, 0.25) is 5.02 Å².